The van der Waals surface area contributed by atoms with Crippen molar-refractivity contribution < 1.29 is 29.3 Å². The Hall–Kier alpha value is -3.51. The molecule has 1 heterocycles. The molecule has 1 aromatic heterocycles. The molecule has 190 valence electrons. The van der Waals surface area contributed by atoms with Crippen molar-refractivity contribution in [1.29, 1.82) is 0 Å². The maximum Gasteiger partial charge on any atom is 0.376 e. The number of nitrogens with two attached hydrogens (primary N) is 1. The Bertz CT molecular complexity index is 1520. The van der Waals surface area contributed by atoms with Gasteiger partial charge in [0.05, 0.1) is 33.2 Å². The summed E-state index contributed by atoms with van der Waals surface area (Å²) >= 11 is 18.4. The number of aromatic nitrogens is 2. The van der Waals surface area contributed by atoms with Gasteiger partial charge in [0.2, 0.25) is 5.91 Å². The highest BCUT2D eigenvalue weighted by Gasteiger charge is 2.39. The van der Waals surface area contributed by atoms with Crippen LogP contribution in [0.2, 0.25) is 15.1 Å². The maximum atomic E-state index is 14.6. The Morgan fingerprint density at radius 3 is 2.32 bits per heavy atom. The van der Waals surface area contributed by atoms with Gasteiger partial charge in [0, 0.05) is 22.3 Å². The molecule has 0 spiro atoms. The lowest BCUT2D eigenvalue weighted by atomic mass is 10.0. The predicted molar refractivity (Wildman–Crippen MR) is 135 cm³/mol. The van der Waals surface area contributed by atoms with Crippen molar-refractivity contribution in [2.24, 2.45) is 5.73 Å². The molecule has 0 fully saturated rings. The largest absolute Gasteiger partial charge is 0.376 e. The molecule has 0 saturated heterocycles. The van der Waals surface area contributed by atoms with Gasteiger partial charge in [-0.3, -0.25) is 9.59 Å². The van der Waals surface area contributed by atoms with E-state index >= 15 is 0 Å². The number of anilines is 1. The van der Waals surface area contributed by atoms with Gasteiger partial charge in [-0.2, -0.15) is 5.10 Å². The predicted octanol–water partition coefficient (Wildman–Crippen LogP) is 3.97. The van der Waals surface area contributed by atoms with Crippen LogP contribution in [0.3, 0.4) is 0 Å². The summed E-state index contributed by atoms with van der Waals surface area (Å²) in [5, 5.41) is 34.7. The summed E-state index contributed by atoms with van der Waals surface area (Å²) in [5.74, 6) is -3.14. The summed E-state index contributed by atoms with van der Waals surface area (Å²) in [6.07, 6.45) is -1.21. The average molecular weight is 566 g/mol. The molecule has 3 aromatic carbocycles. The van der Waals surface area contributed by atoms with Crippen molar-refractivity contribution in [3.8, 4) is 16.8 Å². The number of carbonyl (C=O) groups is 2. The lowest BCUT2D eigenvalue weighted by molar-refractivity contribution is -0.304. The van der Waals surface area contributed by atoms with Crippen LogP contribution in [0.15, 0.2) is 67.0 Å². The van der Waals surface area contributed by atoms with Crippen molar-refractivity contribution in [2.45, 2.75) is 6.10 Å². The quantitative estimate of drug-likeness (QED) is 0.261. The van der Waals surface area contributed by atoms with E-state index in [1.165, 1.54) is 65.6 Å². The maximum absolute atomic E-state index is 14.6. The molecule has 0 unspecified atom stereocenters. The molecule has 0 bridgehead atoms. The molecule has 5 N–H and O–H groups in total. The molecule has 0 aliphatic carbocycles. The molecule has 2 amide bonds. The van der Waals surface area contributed by atoms with Crippen LogP contribution in [0, 0.1) is 5.82 Å². The van der Waals surface area contributed by atoms with Crippen LogP contribution in [-0.2, 0) is 0 Å². The van der Waals surface area contributed by atoms with Crippen molar-refractivity contribution in [3.05, 3.63) is 99.0 Å². The zero-order valence-electron chi connectivity index (χ0n) is 18.4. The minimum absolute atomic E-state index is 0.0210. The Kier molecular flexibility index (Phi) is 7.24. The van der Waals surface area contributed by atoms with Crippen LogP contribution in [0.25, 0.3) is 16.8 Å². The normalized spacial score (nSPS) is 11.4. The van der Waals surface area contributed by atoms with Gasteiger partial charge >= 0.3 is 6.10 Å². The Morgan fingerprint density at radius 1 is 1.00 bits per heavy atom. The number of primary amides is 1. The van der Waals surface area contributed by atoms with E-state index in [1.54, 1.807) is 0 Å². The van der Waals surface area contributed by atoms with Gasteiger partial charge in [-0.25, -0.2) is 14.0 Å². The highest BCUT2D eigenvalue weighted by molar-refractivity contribution is 6.35. The molecular formula is C24H16Cl3FN4O5. The zero-order chi connectivity index (χ0) is 27.1. The Labute approximate surface area is 223 Å². The van der Waals surface area contributed by atoms with E-state index in [4.69, 9.17) is 40.5 Å². The molecule has 0 saturated carbocycles. The summed E-state index contributed by atoms with van der Waals surface area (Å²) in [6.45, 7) is 0. The number of hydrogen-bond acceptors (Lipinski definition) is 6. The van der Waals surface area contributed by atoms with Crippen LogP contribution >= 0.6 is 34.8 Å². The number of carbonyl (C=O) groups excluding carboxylic acids is 2. The third-order valence-electron chi connectivity index (χ3n) is 5.26. The fourth-order valence-electron chi connectivity index (χ4n) is 3.62. The number of halogens is 4. The number of benzene rings is 3. The fraction of sp³-hybridized carbons (Fsp3) is 0.0417. The van der Waals surface area contributed by atoms with Gasteiger partial charge in [-0.15, -0.1) is 0 Å². The second-order valence-corrected chi connectivity index (χ2v) is 8.95. The summed E-state index contributed by atoms with van der Waals surface area (Å²) in [7, 11) is 0. The first-order valence-electron chi connectivity index (χ1n) is 10.3. The second kappa shape index (κ2) is 10.1. The van der Waals surface area contributed by atoms with E-state index in [1.807, 2.05) is 0 Å². The molecule has 0 aliphatic heterocycles. The first kappa shape index (κ1) is 26.6. The van der Waals surface area contributed by atoms with Gasteiger partial charge in [0.25, 0.3) is 5.91 Å². The van der Waals surface area contributed by atoms with E-state index in [2.05, 4.69) is 5.10 Å². The number of amides is 2. The van der Waals surface area contributed by atoms with Crippen LogP contribution in [0.4, 0.5) is 10.1 Å². The Morgan fingerprint density at radius 2 is 1.73 bits per heavy atom. The second-order valence-electron chi connectivity index (χ2n) is 7.70. The van der Waals surface area contributed by atoms with E-state index < -0.39 is 29.3 Å². The number of aliphatic hydroxyl groups is 3. The lowest BCUT2D eigenvalue weighted by Gasteiger charge is -2.32. The van der Waals surface area contributed by atoms with E-state index in [0.29, 0.717) is 11.1 Å². The molecule has 37 heavy (non-hydrogen) atoms. The SMILES string of the molecule is NC(=O)c1ccc(Cl)c(-c2ccc(N(C(=O)c3c(F)cccc3Cl)C(O)(O)O)c(-n3cc(Cl)cn3)c2)c1. The summed E-state index contributed by atoms with van der Waals surface area (Å²) in [6, 6.07) is 11.8. The number of nitrogens with zero attached hydrogens (tertiary/aromatic N) is 3. The lowest BCUT2D eigenvalue weighted by Crippen LogP contribution is -2.53. The summed E-state index contributed by atoms with van der Waals surface area (Å²) < 4.78 is 15.7. The van der Waals surface area contributed by atoms with Crippen LogP contribution in [0.5, 0.6) is 0 Å². The van der Waals surface area contributed by atoms with Crippen molar-refractivity contribution in [3.63, 3.8) is 0 Å². The molecule has 4 aromatic rings. The zero-order valence-corrected chi connectivity index (χ0v) is 20.7. The monoisotopic (exact) mass is 564 g/mol. The van der Waals surface area contributed by atoms with E-state index in [9.17, 15) is 29.3 Å². The molecule has 9 nitrogen and oxygen atoms in total. The number of hydrogen-bond donors (Lipinski definition) is 4. The van der Waals surface area contributed by atoms with E-state index in [0.717, 1.165) is 6.07 Å². The molecular weight excluding hydrogens is 550 g/mol. The minimum atomic E-state index is -3.81. The molecule has 0 aliphatic rings. The minimum Gasteiger partial charge on any atom is -0.366 e. The van der Waals surface area contributed by atoms with Crippen LogP contribution < -0.4 is 10.6 Å². The average Bonchev–Trinajstić information content (AvgIpc) is 3.24. The van der Waals surface area contributed by atoms with Gasteiger partial charge < -0.3 is 21.1 Å². The van der Waals surface area contributed by atoms with E-state index in [-0.39, 0.29) is 36.9 Å². The molecule has 0 radical (unpaired) electrons. The third-order valence-corrected chi connectivity index (χ3v) is 6.10. The van der Waals surface area contributed by atoms with Crippen LogP contribution in [0.1, 0.15) is 20.7 Å². The number of rotatable bonds is 6. The summed E-state index contributed by atoms with van der Waals surface area (Å²) in [5.41, 5.74) is 5.21. The van der Waals surface area contributed by atoms with Crippen molar-refractivity contribution >= 4 is 52.3 Å². The van der Waals surface area contributed by atoms with Gasteiger partial charge in [0.15, 0.2) is 0 Å². The van der Waals surface area contributed by atoms with Crippen LogP contribution in [-0.4, -0.2) is 43.0 Å². The standard InChI is InChI=1S/C24H16Cl3FN4O5/c25-14-10-30-31(11-14)20-9-12(15-8-13(22(29)33)4-6-16(15)26)5-7-19(20)32(24(35,36)37)23(34)21-17(27)2-1-3-18(21)28/h1-11,35-37H,(H2,29,33). The third kappa shape index (κ3) is 5.30. The molecule has 0 atom stereocenters. The Balaban J connectivity index is 1.97. The fourth-order valence-corrected chi connectivity index (χ4v) is 4.22. The highest BCUT2D eigenvalue weighted by Crippen LogP contribution is 2.37. The van der Waals surface area contributed by atoms with Gasteiger partial charge in [0.1, 0.15) is 5.82 Å². The molecule has 13 heteroatoms. The first-order chi connectivity index (χ1) is 17.4. The van der Waals surface area contributed by atoms with Gasteiger partial charge in [-0.1, -0.05) is 46.9 Å². The smallest absolute Gasteiger partial charge is 0.366 e. The van der Waals surface area contributed by atoms with Crippen molar-refractivity contribution in [2.75, 3.05) is 4.90 Å². The van der Waals surface area contributed by atoms with Gasteiger partial charge in [-0.05, 0) is 48.0 Å². The summed E-state index contributed by atoms with van der Waals surface area (Å²) in [4.78, 5) is 25.1. The first-order valence-corrected chi connectivity index (χ1v) is 11.4. The highest BCUT2D eigenvalue weighted by atomic mass is 35.5. The van der Waals surface area contributed by atoms with Crippen molar-refractivity contribution in [1.82, 2.24) is 9.78 Å². The molecule has 4 rings (SSSR count). The topological polar surface area (TPSA) is 142 Å².